The quantitative estimate of drug-likeness (QED) is 0.903. The second-order valence-corrected chi connectivity index (χ2v) is 6.17. The molecule has 0 bridgehead atoms. The Kier molecular flexibility index (Phi) is 3.71. The summed E-state index contributed by atoms with van der Waals surface area (Å²) < 4.78 is 19.2. The standard InChI is InChI=1S/C16H21FN2O2/c1-11(10-21-2)9-19-14(12-5-3-4-6-13(12)17)18-16(7-8-16)15(19)20/h3-6,11,14,18H,7-10H2,1-2H3. The van der Waals surface area contributed by atoms with Crippen molar-refractivity contribution in [3.8, 4) is 0 Å². The third kappa shape index (κ3) is 2.56. The van der Waals surface area contributed by atoms with E-state index in [-0.39, 0.29) is 23.8 Å². The SMILES string of the molecule is COCC(C)CN1C(=O)C2(CC2)NC1c1ccccc1F. The molecule has 0 radical (unpaired) electrons. The number of methoxy groups -OCH3 is 1. The number of rotatable bonds is 5. The highest BCUT2D eigenvalue weighted by atomic mass is 19.1. The van der Waals surface area contributed by atoms with Gasteiger partial charge in [-0.2, -0.15) is 0 Å². The normalized spacial score (nSPS) is 24.6. The van der Waals surface area contributed by atoms with Crippen molar-refractivity contribution in [1.82, 2.24) is 10.2 Å². The number of hydrogen-bond acceptors (Lipinski definition) is 3. The lowest BCUT2D eigenvalue weighted by Gasteiger charge is -2.27. The minimum atomic E-state index is -0.445. The lowest BCUT2D eigenvalue weighted by molar-refractivity contribution is -0.131. The average Bonchev–Trinajstić information content (AvgIpc) is 3.19. The first kappa shape index (κ1) is 14.5. The molecule has 1 aliphatic heterocycles. The summed E-state index contributed by atoms with van der Waals surface area (Å²) >= 11 is 0. The molecule has 2 atom stereocenters. The number of ether oxygens (including phenoxy) is 1. The van der Waals surface area contributed by atoms with Gasteiger partial charge < -0.3 is 9.64 Å². The number of halogens is 1. The van der Waals surface area contributed by atoms with E-state index >= 15 is 0 Å². The summed E-state index contributed by atoms with van der Waals surface area (Å²) in [6.45, 7) is 3.19. The summed E-state index contributed by atoms with van der Waals surface area (Å²) in [7, 11) is 1.65. The van der Waals surface area contributed by atoms with E-state index in [2.05, 4.69) is 5.32 Å². The van der Waals surface area contributed by atoms with Gasteiger partial charge in [0.05, 0.1) is 6.61 Å². The molecule has 21 heavy (non-hydrogen) atoms. The summed E-state index contributed by atoms with van der Waals surface area (Å²) in [5.74, 6) is 0.0347. The maximum absolute atomic E-state index is 14.1. The van der Waals surface area contributed by atoms with E-state index in [4.69, 9.17) is 4.74 Å². The van der Waals surface area contributed by atoms with Crippen molar-refractivity contribution in [2.24, 2.45) is 5.92 Å². The molecule has 2 unspecified atom stereocenters. The number of carbonyl (C=O) groups is 1. The molecule has 1 saturated heterocycles. The van der Waals surface area contributed by atoms with Crippen molar-refractivity contribution in [2.45, 2.75) is 31.5 Å². The fourth-order valence-corrected chi connectivity index (χ4v) is 3.08. The van der Waals surface area contributed by atoms with Gasteiger partial charge in [0.2, 0.25) is 5.91 Å². The van der Waals surface area contributed by atoms with Crippen molar-refractivity contribution < 1.29 is 13.9 Å². The number of amides is 1. The summed E-state index contributed by atoms with van der Waals surface area (Å²) in [5, 5.41) is 3.34. The molecular formula is C16H21FN2O2. The van der Waals surface area contributed by atoms with Crippen molar-refractivity contribution >= 4 is 5.91 Å². The van der Waals surface area contributed by atoms with Gasteiger partial charge in [-0.05, 0) is 24.8 Å². The van der Waals surface area contributed by atoms with Gasteiger partial charge in [-0.15, -0.1) is 0 Å². The Morgan fingerprint density at radius 3 is 2.81 bits per heavy atom. The van der Waals surface area contributed by atoms with Crippen molar-refractivity contribution in [1.29, 1.82) is 0 Å². The van der Waals surface area contributed by atoms with Gasteiger partial charge in [0, 0.05) is 19.2 Å². The van der Waals surface area contributed by atoms with Crippen LogP contribution in [0.4, 0.5) is 4.39 Å². The average molecular weight is 292 g/mol. The van der Waals surface area contributed by atoms with Crippen molar-refractivity contribution in [2.75, 3.05) is 20.3 Å². The van der Waals surface area contributed by atoms with Crippen LogP contribution >= 0.6 is 0 Å². The molecule has 1 saturated carbocycles. The predicted molar refractivity (Wildman–Crippen MR) is 77.0 cm³/mol. The van der Waals surface area contributed by atoms with Gasteiger partial charge in [-0.25, -0.2) is 4.39 Å². The van der Waals surface area contributed by atoms with Gasteiger partial charge in [0.25, 0.3) is 0 Å². The summed E-state index contributed by atoms with van der Waals surface area (Å²) in [6.07, 6.45) is 1.30. The Bertz CT molecular complexity index is 545. The van der Waals surface area contributed by atoms with Crippen LogP contribution in [0, 0.1) is 11.7 Å². The lowest BCUT2D eigenvalue weighted by atomic mass is 10.1. The molecule has 1 aliphatic carbocycles. The Balaban J connectivity index is 1.86. The molecule has 4 nitrogen and oxygen atoms in total. The highest BCUT2D eigenvalue weighted by Crippen LogP contribution is 2.46. The largest absolute Gasteiger partial charge is 0.384 e. The zero-order valence-electron chi connectivity index (χ0n) is 12.4. The molecule has 114 valence electrons. The van der Waals surface area contributed by atoms with E-state index in [0.29, 0.717) is 18.7 Å². The first-order chi connectivity index (χ1) is 10.1. The predicted octanol–water partition coefficient (Wildman–Crippen LogP) is 2.07. The molecular weight excluding hydrogens is 271 g/mol. The highest BCUT2D eigenvalue weighted by molar-refractivity contribution is 5.92. The number of benzene rings is 1. The van der Waals surface area contributed by atoms with E-state index in [1.165, 1.54) is 6.07 Å². The zero-order chi connectivity index (χ0) is 15.0. The summed E-state index contributed by atoms with van der Waals surface area (Å²) in [5.41, 5.74) is 0.0963. The van der Waals surface area contributed by atoms with E-state index in [1.54, 1.807) is 30.2 Å². The van der Waals surface area contributed by atoms with Crippen LogP contribution in [-0.2, 0) is 9.53 Å². The fraction of sp³-hybridized carbons (Fsp3) is 0.562. The van der Waals surface area contributed by atoms with E-state index in [1.807, 2.05) is 6.92 Å². The molecule has 3 rings (SSSR count). The Labute approximate surface area is 124 Å². The van der Waals surface area contributed by atoms with Crippen LogP contribution in [0.2, 0.25) is 0 Å². The molecule has 1 amide bonds. The first-order valence-electron chi connectivity index (χ1n) is 7.39. The van der Waals surface area contributed by atoms with Crippen LogP contribution in [-0.4, -0.2) is 36.6 Å². The highest BCUT2D eigenvalue weighted by Gasteiger charge is 2.59. The maximum atomic E-state index is 14.1. The molecule has 2 fully saturated rings. The van der Waals surface area contributed by atoms with Gasteiger partial charge in [0.1, 0.15) is 17.5 Å². The van der Waals surface area contributed by atoms with Crippen LogP contribution < -0.4 is 5.32 Å². The Morgan fingerprint density at radius 1 is 1.48 bits per heavy atom. The van der Waals surface area contributed by atoms with Gasteiger partial charge >= 0.3 is 0 Å². The molecule has 1 aromatic rings. The second-order valence-electron chi connectivity index (χ2n) is 6.17. The number of hydrogen-bond donors (Lipinski definition) is 1. The monoisotopic (exact) mass is 292 g/mol. The third-order valence-electron chi connectivity index (χ3n) is 4.30. The molecule has 1 heterocycles. The molecule has 1 N–H and O–H groups in total. The van der Waals surface area contributed by atoms with E-state index in [0.717, 1.165) is 12.8 Å². The number of nitrogens with zero attached hydrogens (tertiary/aromatic N) is 1. The van der Waals surface area contributed by atoms with E-state index in [9.17, 15) is 9.18 Å². The smallest absolute Gasteiger partial charge is 0.244 e. The van der Waals surface area contributed by atoms with Crippen LogP contribution in [0.25, 0.3) is 0 Å². The number of nitrogens with one attached hydrogen (secondary N) is 1. The van der Waals surface area contributed by atoms with Crippen molar-refractivity contribution in [3.05, 3.63) is 35.6 Å². The van der Waals surface area contributed by atoms with Gasteiger partial charge in [-0.3, -0.25) is 10.1 Å². The minimum absolute atomic E-state index is 0.0960. The van der Waals surface area contributed by atoms with Crippen LogP contribution in [0.3, 0.4) is 0 Å². The fourth-order valence-electron chi connectivity index (χ4n) is 3.08. The van der Waals surface area contributed by atoms with Crippen LogP contribution in [0.1, 0.15) is 31.5 Å². The Morgan fingerprint density at radius 2 is 2.19 bits per heavy atom. The van der Waals surface area contributed by atoms with E-state index < -0.39 is 5.54 Å². The molecule has 5 heteroatoms. The van der Waals surface area contributed by atoms with Gasteiger partial charge in [0.15, 0.2) is 0 Å². The lowest BCUT2D eigenvalue weighted by Crippen LogP contribution is -2.36. The molecule has 1 aromatic carbocycles. The second kappa shape index (κ2) is 5.39. The summed E-state index contributed by atoms with van der Waals surface area (Å²) in [4.78, 5) is 14.4. The molecule has 1 spiro atoms. The topological polar surface area (TPSA) is 41.6 Å². The third-order valence-corrected chi connectivity index (χ3v) is 4.30. The Hall–Kier alpha value is -1.46. The maximum Gasteiger partial charge on any atom is 0.244 e. The van der Waals surface area contributed by atoms with Gasteiger partial charge in [-0.1, -0.05) is 25.1 Å². The summed E-state index contributed by atoms with van der Waals surface area (Å²) in [6, 6.07) is 6.66. The zero-order valence-corrected chi connectivity index (χ0v) is 12.4. The number of carbonyl (C=O) groups excluding carboxylic acids is 1. The van der Waals surface area contributed by atoms with Crippen LogP contribution in [0.15, 0.2) is 24.3 Å². The molecule has 2 aliphatic rings. The van der Waals surface area contributed by atoms with Crippen LogP contribution in [0.5, 0.6) is 0 Å². The minimum Gasteiger partial charge on any atom is -0.384 e. The first-order valence-corrected chi connectivity index (χ1v) is 7.39. The van der Waals surface area contributed by atoms with Crippen molar-refractivity contribution in [3.63, 3.8) is 0 Å². The molecule has 0 aromatic heterocycles.